The van der Waals surface area contributed by atoms with Crippen molar-refractivity contribution < 1.29 is 9.90 Å². The van der Waals surface area contributed by atoms with Crippen molar-refractivity contribution >= 4 is 22.0 Å². The van der Waals surface area contributed by atoms with E-state index >= 15 is 0 Å². The molecular weight excluding hydrogens is 344 g/mol. The summed E-state index contributed by atoms with van der Waals surface area (Å²) in [5, 5.41) is 12.9. The Labute approximate surface area is 136 Å². The summed E-state index contributed by atoms with van der Waals surface area (Å²) in [4.78, 5) is 11.0. The van der Waals surface area contributed by atoms with E-state index in [0.29, 0.717) is 0 Å². The topological polar surface area (TPSA) is 55.1 Å². The first-order chi connectivity index (χ1) is 10.6. The Bertz CT molecular complexity index is 813. The molecule has 0 aliphatic carbocycles. The fourth-order valence-corrected chi connectivity index (χ4v) is 2.88. The van der Waals surface area contributed by atoms with Crippen molar-refractivity contribution in [3.63, 3.8) is 0 Å². The standard InChI is InChI=1S/C17H13BrN2O2/c18-16-8-4-7-14(13-10-19-20(11-13)17(21)22)15(16)9-12-5-2-1-3-6-12/h1-8,10-11H,9H2,(H,21,22). The van der Waals surface area contributed by atoms with Gasteiger partial charge in [0.1, 0.15) is 0 Å². The highest BCUT2D eigenvalue weighted by molar-refractivity contribution is 9.10. The van der Waals surface area contributed by atoms with E-state index in [2.05, 4.69) is 33.2 Å². The maximum atomic E-state index is 11.0. The Kier molecular flexibility index (Phi) is 4.06. The summed E-state index contributed by atoms with van der Waals surface area (Å²) in [7, 11) is 0. The van der Waals surface area contributed by atoms with Crippen LogP contribution in [0, 0.1) is 0 Å². The molecule has 3 rings (SSSR count). The number of hydrogen-bond donors (Lipinski definition) is 1. The molecule has 0 unspecified atom stereocenters. The van der Waals surface area contributed by atoms with Crippen molar-refractivity contribution in [2.75, 3.05) is 0 Å². The van der Waals surface area contributed by atoms with E-state index in [9.17, 15) is 4.79 Å². The van der Waals surface area contributed by atoms with Crippen LogP contribution in [0.5, 0.6) is 0 Å². The van der Waals surface area contributed by atoms with E-state index in [4.69, 9.17) is 5.11 Å². The molecule has 0 radical (unpaired) electrons. The first kappa shape index (κ1) is 14.5. The number of hydrogen-bond acceptors (Lipinski definition) is 2. The fraction of sp³-hybridized carbons (Fsp3) is 0.0588. The Morgan fingerprint density at radius 2 is 1.91 bits per heavy atom. The number of nitrogens with zero attached hydrogens (tertiary/aromatic N) is 2. The molecule has 2 aromatic carbocycles. The third-order valence-electron chi connectivity index (χ3n) is 3.43. The van der Waals surface area contributed by atoms with Gasteiger partial charge in [0.25, 0.3) is 0 Å². The van der Waals surface area contributed by atoms with Crippen molar-refractivity contribution in [3.8, 4) is 11.1 Å². The molecule has 0 fully saturated rings. The highest BCUT2D eigenvalue weighted by Crippen LogP contribution is 2.31. The lowest BCUT2D eigenvalue weighted by atomic mass is 9.97. The smallest absolute Gasteiger partial charge is 0.432 e. The van der Waals surface area contributed by atoms with Crippen LogP contribution in [0.1, 0.15) is 11.1 Å². The molecule has 0 saturated heterocycles. The normalized spacial score (nSPS) is 10.6. The van der Waals surface area contributed by atoms with Crippen molar-refractivity contribution in [2.45, 2.75) is 6.42 Å². The summed E-state index contributed by atoms with van der Waals surface area (Å²) in [6, 6.07) is 16.1. The molecule has 0 spiro atoms. The van der Waals surface area contributed by atoms with E-state index < -0.39 is 6.09 Å². The number of benzene rings is 2. The first-order valence-electron chi connectivity index (χ1n) is 6.75. The van der Waals surface area contributed by atoms with E-state index in [1.807, 2.05) is 36.4 Å². The summed E-state index contributed by atoms with van der Waals surface area (Å²) < 4.78 is 1.92. The lowest BCUT2D eigenvalue weighted by Gasteiger charge is -2.10. The Morgan fingerprint density at radius 3 is 2.59 bits per heavy atom. The molecule has 110 valence electrons. The predicted octanol–water partition coefficient (Wildman–Crippen LogP) is 4.43. The van der Waals surface area contributed by atoms with Gasteiger partial charge in [-0.25, -0.2) is 4.79 Å². The van der Waals surface area contributed by atoms with E-state index in [-0.39, 0.29) is 0 Å². The van der Waals surface area contributed by atoms with Gasteiger partial charge in [-0.15, -0.1) is 0 Å². The minimum atomic E-state index is -1.09. The molecule has 5 heteroatoms. The number of halogens is 1. The van der Waals surface area contributed by atoms with Gasteiger partial charge in [-0.3, -0.25) is 0 Å². The zero-order valence-corrected chi connectivity index (χ0v) is 13.2. The summed E-state index contributed by atoms with van der Waals surface area (Å²) >= 11 is 3.59. The first-order valence-corrected chi connectivity index (χ1v) is 7.54. The maximum absolute atomic E-state index is 11.0. The molecule has 1 heterocycles. The molecule has 0 aliphatic heterocycles. The number of carbonyl (C=O) groups is 1. The Morgan fingerprint density at radius 1 is 1.14 bits per heavy atom. The molecule has 0 aliphatic rings. The largest absolute Gasteiger partial charge is 0.463 e. The van der Waals surface area contributed by atoms with Gasteiger partial charge in [-0.05, 0) is 29.2 Å². The van der Waals surface area contributed by atoms with Crippen LogP contribution in [0.25, 0.3) is 11.1 Å². The number of carboxylic acid groups (broad SMARTS) is 1. The lowest BCUT2D eigenvalue weighted by Crippen LogP contribution is -2.07. The molecule has 1 N–H and O–H groups in total. The van der Waals surface area contributed by atoms with E-state index in [1.165, 1.54) is 11.8 Å². The molecule has 0 bridgehead atoms. The molecule has 22 heavy (non-hydrogen) atoms. The van der Waals surface area contributed by atoms with Gasteiger partial charge in [-0.1, -0.05) is 58.4 Å². The molecule has 0 saturated carbocycles. The molecule has 0 amide bonds. The quantitative estimate of drug-likeness (QED) is 0.755. The van der Waals surface area contributed by atoms with Crippen LogP contribution in [-0.4, -0.2) is 21.0 Å². The van der Waals surface area contributed by atoms with Crippen LogP contribution in [0.4, 0.5) is 4.79 Å². The molecule has 0 atom stereocenters. The van der Waals surface area contributed by atoms with Gasteiger partial charge in [0.2, 0.25) is 0 Å². The molecule has 3 aromatic rings. The lowest BCUT2D eigenvalue weighted by molar-refractivity contribution is 0.192. The Hall–Kier alpha value is -2.40. The second-order valence-electron chi connectivity index (χ2n) is 4.88. The van der Waals surface area contributed by atoms with E-state index in [0.717, 1.165) is 32.3 Å². The van der Waals surface area contributed by atoms with Crippen LogP contribution < -0.4 is 0 Å². The zero-order valence-electron chi connectivity index (χ0n) is 11.6. The van der Waals surface area contributed by atoms with Gasteiger partial charge in [0.15, 0.2) is 0 Å². The minimum absolute atomic E-state index is 0.760. The fourth-order valence-electron chi connectivity index (χ4n) is 2.38. The summed E-state index contributed by atoms with van der Waals surface area (Å²) in [5.74, 6) is 0. The third kappa shape index (κ3) is 2.94. The van der Waals surface area contributed by atoms with Crippen LogP contribution in [0.3, 0.4) is 0 Å². The van der Waals surface area contributed by atoms with Crippen molar-refractivity contribution in [1.82, 2.24) is 9.78 Å². The summed E-state index contributed by atoms with van der Waals surface area (Å²) in [5.41, 5.74) is 4.07. The van der Waals surface area contributed by atoms with Gasteiger partial charge in [0, 0.05) is 16.2 Å². The zero-order chi connectivity index (χ0) is 15.5. The van der Waals surface area contributed by atoms with Crippen molar-refractivity contribution in [3.05, 3.63) is 76.5 Å². The SMILES string of the molecule is O=C(O)n1cc(-c2cccc(Br)c2Cc2ccccc2)cn1. The average molecular weight is 357 g/mol. The summed E-state index contributed by atoms with van der Waals surface area (Å²) in [6.45, 7) is 0. The van der Waals surface area contributed by atoms with Crippen LogP contribution in [0.2, 0.25) is 0 Å². The number of aromatic nitrogens is 2. The minimum Gasteiger partial charge on any atom is -0.463 e. The van der Waals surface area contributed by atoms with E-state index in [1.54, 1.807) is 6.20 Å². The molecular formula is C17H13BrN2O2. The monoisotopic (exact) mass is 356 g/mol. The van der Waals surface area contributed by atoms with Crippen LogP contribution >= 0.6 is 15.9 Å². The summed E-state index contributed by atoms with van der Waals surface area (Å²) in [6.07, 6.45) is 2.77. The number of rotatable bonds is 3. The van der Waals surface area contributed by atoms with Gasteiger partial charge in [-0.2, -0.15) is 9.78 Å². The second kappa shape index (κ2) is 6.15. The van der Waals surface area contributed by atoms with Crippen LogP contribution in [0.15, 0.2) is 65.4 Å². The molecule has 1 aromatic heterocycles. The second-order valence-corrected chi connectivity index (χ2v) is 5.74. The van der Waals surface area contributed by atoms with Crippen molar-refractivity contribution in [1.29, 1.82) is 0 Å². The predicted molar refractivity (Wildman–Crippen MR) is 88.0 cm³/mol. The third-order valence-corrected chi connectivity index (χ3v) is 4.18. The maximum Gasteiger partial charge on any atom is 0.432 e. The van der Waals surface area contributed by atoms with Crippen LogP contribution in [-0.2, 0) is 6.42 Å². The van der Waals surface area contributed by atoms with Gasteiger partial charge < -0.3 is 5.11 Å². The Balaban J connectivity index is 2.04. The van der Waals surface area contributed by atoms with Gasteiger partial charge in [0.05, 0.1) is 6.20 Å². The molecule has 4 nitrogen and oxygen atoms in total. The van der Waals surface area contributed by atoms with Crippen molar-refractivity contribution in [2.24, 2.45) is 0 Å². The highest BCUT2D eigenvalue weighted by Gasteiger charge is 2.12. The average Bonchev–Trinajstić information content (AvgIpc) is 3.00. The van der Waals surface area contributed by atoms with Gasteiger partial charge >= 0.3 is 6.09 Å². The highest BCUT2D eigenvalue weighted by atomic mass is 79.9.